The Balaban J connectivity index is 0. The van der Waals surface area contributed by atoms with Crippen LogP contribution >= 0.6 is 23.5 Å². The Morgan fingerprint density at radius 2 is 0.569 bits per heavy atom. The zero-order valence-electron chi connectivity index (χ0n) is 37.7. The lowest BCUT2D eigenvalue weighted by Crippen LogP contribution is -2.34. The first-order valence-corrected chi connectivity index (χ1v) is 26.5. The van der Waals surface area contributed by atoms with Crippen molar-refractivity contribution in [1.82, 2.24) is 0 Å². The van der Waals surface area contributed by atoms with Crippen molar-refractivity contribution >= 4 is 47.4 Å². The third kappa shape index (κ3) is 45.7. The number of thioether (sulfide) groups is 2. The first kappa shape index (κ1) is 58.7. The molecule has 4 N–H and O–H groups in total. The zero-order chi connectivity index (χ0) is 43.2. The van der Waals surface area contributed by atoms with E-state index in [1.807, 2.05) is 0 Å². The van der Waals surface area contributed by atoms with E-state index in [1.54, 1.807) is 0 Å². The SMILES string of the molecule is CCCCCCCCCCCCCCCCCCC(CCCCCCCCCCCCCCCCCC)(CSCCC(=O)O)C(=O)O.O=C(O)CCSCCC(=O)O. The largest absolute Gasteiger partial charge is 0.481 e. The fourth-order valence-corrected chi connectivity index (χ4v) is 9.52. The van der Waals surface area contributed by atoms with Crippen LogP contribution in [0.25, 0.3) is 0 Å². The average Bonchev–Trinajstić information content (AvgIpc) is 3.18. The highest BCUT2D eigenvalue weighted by Gasteiger charge is 2.37. The van der Waals surface area contributed by atoms with Gasteiger partial charge in [0, 0.05) is 23.0 Å². The minimum atomic E-state index is -0.840. The van der Waals surface area contributed by atoms with Crippen molar-refractivity contribution in [2.75, 3.05) is 23.0 Å². The monoisotopic (exact) mass is 861 g/mol. The van der Waals surface area contributed by atoms with Gasteiger partial charge in [-0.05, 0) is 12.8 Å². The van der Waals surface area contributed by atoms with Crippen molar-refractivity contribution in [3.05, 3.63) is 0 Å². The van der Waals surface area contributed by atoms with Crippen LogP contribution in [0.15, 0.2) is 0 Å². The second kappa shape index (κ2) is 46.6. The molecule has 0 spiro atoms. The molecule has 8 nitrogen and oxygen atoms in total. The summed E-state index contributed by atoms with van der Waals surface area (Å²) in [5, 5.41) is 35.8. The lowest BCUT2D eigenvalue weighted by molar-refractivity contribution is -0.148. The second-order valence-electron chi connectivity index (χ2n) is 16.8. The highest BCUT2D eigenvalue weighted by Crippen LogP contribution is 2.36. The van der Waals surface area contributed by atoms with Gasteiger partial charge in [0.05, 0.1) is 24.7 Å². The van der Waals surface area contributed by atoms with Crippen molar-refractivity contribution < 1.29 is 39.6 Å². The summed E-state index contributed by atoms with van der Waals surface area (Å²) in [6.07, 6.45) is 44.1. The summed E-state index contributed by atoms with van der Waals surface area (Å²) < 4.78 is 0. The van der Waals surface area contributed by atoms with Crippen LogP contribution in [0.5, 0.6) is 0 Å². The van der Waals surface area contributed by atoms with Gasteiger partial charge in [0.1, 0.15) is 0 Å². The molecule has 0 heterocycles. The highest BCUT2D eigenvalue weighted by atomic mass is 32.2. The van der Waals surface area contributed by atoms with Gasteiger partial charge < -0.3 is 20.4 Å². The van der Waals surface area contributed by atoms with Crippen LogP contribution in [0.1, 0.15) is 251 Å². The summed E-state index contributed by atoms with van der Waals surface area (Å²) in [7, 11) is 0. The van der Waals surface area contributed by atoms with Crippen LogP contribution in [0.3, 0.4) is 0 Å². The van der Waals surface area contributed by atoms with E-state index in [0.29, 0.717) is 23.0 Å². The van der Waals surface area contributed by atoms with Crippen LogP contribution in [0.4, 0.5) is 0 Å². The third-order valence-corrected chi connectivity index (χ3v) is 13.5. The zero-order valence-corrected chi connectivity index (χ0v) is 39.4. The minimum absolute atomic E-state index is 0.101. The Kier molecular flexibility index (Phi) is 47.2. The topological polar surface area (TPSA) is 149 Å². The lowest BCUT2D eigenvalue weighted by atomic mass is 9.79. The summed E-state index contributed by atoms with van der Waals surface area (Å²) in [5.74, 6) is -1.11. The maximum absolute atomic E-state index is 12.6. The summed E-state index contributed by atoms with van der Waals surface area (Å²) >= 11 is 2.88. The molecule has 0 saturated heterocycles. The Morgan fingerprint density at radius 3 is 0.793 bits per heavy atom. The van der Waals surface area contributed by atoms with E-state index < -0.39 is 29.3 Å². The molecule has 0 rings (SSSR count). The summed E-state index contributed by atoms with van der Waals surface area (Å²) in [5.41, 5.74) is -0.699. The summed E-state index contributed by atoms with van der Waals surface area (Å²) in [6.45, 7) is 4.56. The molecule has 0 aromatic rings. The molecule has 0 atom stereocenters. The van der Waals surface area contributed by atoms with E-state index in [1.165, 1.54) is 203 Å². The molecule has 0 aromatic carbocycles. The molecular weight excluding hydrogens is 769 g/mol. The molecule has 10 heteroatoms. The molecule has 0 aromatic heterocycles. The van der Waals surface area contributed by atoms with Gasteiger partial charge >= 0.3 is 23.9 Å². The Morgan fingerprint density at radius 1 is 0.345 bits per heavy atom. The van der Waals surface area contributed by atoms with Gasteiger partial charge in [-0.2, -0.15) is 23.5 Å². The number of aliphatic carboxylic acids is 4. The first-order chi connectivity index (χ1) is 28.1. The van der Waals surface area contributed by atoms with Crippen LogP contribution in [-0.4, -0.2) is 67.3 Å². The average molecular weight is 861 g/mol. The molecule has 0 fully saturated rings. The molecule has 0 aliphatic carbocycles. The van der Waals surface area contributed by atoms with Gasteiger partial charge in [0.15, 0.2) is 0 Å². The molecule has 0 amide bonds. The fraction of sp³-hybridized carbons (Fsp3) is 0.917. The number of carbonyl (C=O) groups is 4. The van der Waals surface area contributed by atoms with E-state index in [-0.39, 0.29) is 19.3 Å². The molecule has 0 bridgehead atoms. The number of carboxylic acids is 4. The van der Waals surface area contributed by atoms with Crippen LogP contribution < -0.4 is 0 Å². The Bertz CT molecular complexity index is 879. The van der Waals surface area contributed by atoms with Crippen molar-refractivity contribution in [2.45, 2.75) is 251 Å². The van der Waals surface area contributed by atoms with E-state index in [4.69, 9.17) is 15.3 Å². The van der Waals surface area contributed by atoms with Gasteiger partial charge in [0.2, 0.25) is 0 Å². The minimum Gasteiger partial charge on any atom is -0.481 e. The van der Waals surface area contributed by atoms with Gasteiger partial charge in [0.25, 0.3) is 0 Å². The molecule has 0 unspecified atom stereocenters. The van der Waals surface area contributed by atoms with Crippen LogP contribution in [0.2, 0.25) is 0 Å². The van der Waals surface area contributed by atoms with Crippen molar-refractivity contribution in [3.63, 3.8) is 0 Å². The number of hydrogen-bond donors (Lipinski definition) is 4. The maximum atomic E-state index is 12.6. The van der Waals surface area contributed by atoms with Gasteiger partial charge in [-0.1, -0.05) is 219 Å². The number of carboxylic acid groups (broad SMARTS) is 4. The number of hydrogen-bond acceptors (Lipinski definition) is 6. The number of unbranched alkanes of at least 4 members (excludes halogenated alkanes) is 30. The number of rotatable bonds is 46. The molecule has 0 aliphatic rings. The van der Waals surface area contributed by atoms with E-state index in [0.717, 1.165) is 38.5 Å². The Hall–Kier alpha value is -1.42. The molecular formula is C48H92O8S2. The fourth-order valence-electron chi connectivity index (χ4n) is 7.42. The van der Waals surface area contributed by atoms with Gasteiger partial charge in [-0.15, -0.1) is 0 Å². The first-order valence-electron chi connectivity index (χ1n) is 24.2. The normalized spacial score (nSPS) is 11.3. The third-order valence-electron chi connectivity index (χ3n) is 11.2. The predicted molar refractivity (Wildman–Crippen MR) is 250 cm³/mol. The molecule has 0 saturated carbocycles. The van der Waals surface area contributed by atoms with Gasteiger partial charge in [-0.3, -0.25) is 19.2 Å². The van der Waals surface area contributed by atoms with E-state index in [9.17, 15) is 24.3 Å². The van der Waals surface area contributed by atoms with E-state index in [2.05, 4.69) is 13.8 Å². The van der Waals surface area contributed by atoms with Crippen molar-refractivity contribution in [1.29, 1.82) is 0 Å². The predicted octanol–water partition coefficient (Wildman–Crippen LogP) is 15.2. The quantitative estimate of drug-likeness (QED) is 0.0436. The van der Waals surface area contributed by atoms with Crippen molar-refractivity contribution in [3.8, 4) is 0 Å². The summed E-state index contributed by atoms with van der Waals surface area (Å²) in [4.78, 5) is 43.5. The lowest BCUT2D eigenvalue weighted by Gasteiger charge is -2.29. The van der Waals surface area contributed by atoms with E-state index >= 15 is 0 Å². The van der Waals surface area contributed by atoms with Crippen LogP contribution in [0, 0.1) is 5.41 Å². The molecule has 0 radical (unpaired) electrons. The maximum Gasteiger partial charge on any atom is 0.310 e. The smallest absolute Gasteiger partial charge is 0.310 e. The molecule has 0 aliphatic heterocycles. The van der Waals surface area contributed by atoms with Gasteiger partial charge in [-0.25, -0.2) is 0 Å². The molecule has 58 heavy (non-hydrogen) atoms. The summed E-state index contributed by atoms with van der Waals surface area (Å²) in [6, 6.07) is 0. The highest BCUT2D eigenvalue weighted by molar-refractivity contribution is 7.99. The van der Waals surface area contributed by atoms with Crippen LogP contribution in [-0.2, 0) is 19.2 Å². The second-order valence-corrected chi connectivity index (χ2v) is 19.1. The standard InChI is InChI=1S/C42H82O4S.C6H10O4S/c1-3-5-7-9-11-13-15-17-19-21-23-25-27-29-31-33-36-42(41(45)46,39-47-38-35-40(43)44)37-34-32-30-28-26-24-22-20-18-16-14-12-10-8-6-4-2;7-5(8)1-3-11-4-2-6(9)10/h3-39H2,1-2H3,(H,43,44)(H,45,46);1-4H2,(H,7,8)(H,9,10). The Labute approximate surface area is 365 Å². The molecule has 344 valence electrons. The van der Waals surface area contributed by atoms with Crippen molar-refractivity contribution in [2.24, 2.45) is 5.41 Å².